The molecule has 0 radical (unpaired) electrons. The second-order valence-corrected chi connectivity index (χ2v) is 5.17. The minimum atomic E-state index is -0.0787. The van der Waals surface area contributed by atoms with Crippen molar-refractivity contribution < 1.29 is 0 Å². The average Bonchev–Trinajstić information content (AvgIpc) is 2.45. The number of hydrogen-bond acceptors (Lipinski definition) is 3. The lowest BCUT2D eigenvalue weighted by Crippen LogP contribution is -2.04. The molecular formula is C9H9BrN2OS. The normalized spacial score (nSPS) is 11.4. The molecule has 3 nitrogen and oxygen atoms in total. The summed E-state index contributed by atoms with van der Waals surface area (Å²) in [6.07, 6.45) is 1.44. The number of aromatic nitrogens is 2. The van der Waals surface area contributed by atoms with E-state index in [0.717, 1.165) is 9.30 Å². The first-order chi connectivity index (χ1) is 6.61. The van der Waals surface area contributed by atoms with Crippen molar-refractivity contribution in [3.8, 4) is 0 Å². The van der Waals surface area contributed by atoms with Gasteiger partial charge in [-0.25, -0.2) is 4.98 Å². The van der Waals surface area contributed by atoms with Gasteiger partial charge in [-0.15, -0.1) is 11.3 Å². The van der Waals surface area contributed by atoms with Gasteiger partial charge in [-0.05, 0) is 21.8 Å². The fourth-order valence-electron chi connectivity index (χ4n) is 1.30. The second-order valence-electron chi connectivity index (χ2n) is 3.35. The third kappa shape index (κ3) is 1.40. The molecule has 5 heteroatoms. The summed E-state index contributed by atoms with van der Waals surface area (Å²) in [4.78, 5) is 20.2. The summed E-state index contributed by atoms with van der Waals surface area (Å²) in [5, 5.41) is 0.668. The zero-order valence-electron chi connectivity index (χ0n) is 7.80. The maximum Gasteiger partial charge on any atom is 0.260 e. The molecule has 74 valence electrons. The highest BCUT2D eigenvalue weighted by Crippen LogP contribution is 2.36. The molecule has 0 bridgehead atoms. The minimum absolute atomic E-state index is 0.0787. The summed E-state index contributed by atoms with van der Waals surface area (Å²) in [6, 6.07) is 0. The van der Waals surface area contributed by atoms with Gasteiger partial charge in [0.2, 0.25) is 0 Å². The molecule has 0 saturated carbocycles. The smallest absolute Gasteiger partial charge is 0.260 e. The predicted octanol–water partition coefficient (Wildman–Crippen LogP) is 2.87. The number of nitrogens with one attached hydrogen (secondary N) is 1. The highest BCUT2D eigenvalue weighted by atomic mass is 79.9. The highest BCUT2D eigenvalue weighted by Gasteiger charge is 2.15. The molecule has 0 fully saturated rings. The van der Waals surface area contributed by atoms with E-state index < -0.39 is 0 Å². The fourth-order valence-corrected chi connectivity index (χ4v) is 3.54. The monoisotopic (exact) mass is 272 g/mol. The van der Waals surface area contributed by atoms with Gasteiger partial charge >= 0.3 is 0 Å². The first-order valence-electron chi connectivity index (χ1n) is 4.27. The largest absolute Gasteiger partial charge is 0.313 e. The van der Waals surface area contributed by atoms with Crippen molar-refractivity contribution >= 4 is 37.5 Å². The van der Waals surface area contributed by atoms with Crippen molar-refractivity contribution in [2.75, 3.05) is 0 Å². The summed E-state index contributed by atoms with van der Waals surface area (Å²) in [5.41, 5.74) is -0.0787. The van der Waals surface area contributed by atoms with Crippen molar-refractivity contribution in [1.29, 1.82) is 0 Å². The molecular weight excluding hydrogens is 264 g/mol. The van der Waals surface area contributed by atoms with Crippen LogP contribution in [0.5, 0.6) is 0 Å². The van der Waals surface area contributed by atoms with Crippen LogP contribution in [0.4, 0.5) is 0 Å². The van der Waals surface area contributed by atoms with Gasteiger partial charge < -0.3 is 4.98 Å². The molecule has 0 aromatic carbocycles. The third-order valence-electron chi connectivity index (χ3n) is 1.99. The number of halogens is 1. The van der Waals surface area contributed by atoms with Crippen LogP contribution in [0.15, 0.2) is 15.6 Å². The van der Waals surface area contributed by atoms with Gasteiger partial charge in [-0.1, -0.05) is 13.8 Å². The molecule has 0 amide bonds. The van der Waals surface area contributed by atoms with E-state index in [2.05, 4.69) is 39.7 Å². The fraction of sp³-hybridized carbons (Fsp3) is 0.333. The van der Waals surface area contributed by atoms with Crippen LogP contribution < -0.4 is 5.56 Å². The maximum atomic E-state index is 11.5. The maximum absolute atomic E-state index is 11.5. The quantitative estimate of drug-likeness (QED) is 0.868. The molecule has 0 spiro atoms. The van der Waals surface area contributed by atoms with Crippen LogP contribution in [-0.4, -0.2) is 9.97 Å². The summed E-state index contributed by atoms with van der Waals surface area (Å²) < 4.78 is 0.891. The SMILES string of the molecule is CC(C)c1sc2nc[nH]c(=O)c2c1Br. The standard InChI is InChI=1S/C9H9BrN2OS/c1-4(2)7-6(10)5-8(13)11-3-12-9(5)14-7/h3-4H,1-2H3,(H,11,12,13). The molecule has 0 unspecified atom stereocenters. The lowest BCUT2D eigenvalue weighted by Gasteiger charge is -1.99. The molecule has 0 atom stereocenters. The summed E-state index contributed by atoms with van der Waals surface area (Å²) >= 11 is 5.02. The Morgan fingerprint density at radius 2 is 2.29 bits per heavy atom. The van der Waals surface area contributed by atoms with E-state index in [0.29, 0.717) is 11.3 Å². The number of thiophene rings is 1. The van der Waals surface area contributed by atoms with Gasteiger partial charge in [0.1, 0.15) is 4.83 Å². The molecule has 0 aliphatic heterocycles. The van der Waals surface area contributed by atoms with Crippen molar-refractivity contribution in [2.45, 2.75) is 19.8 Å². The Morgan fingerprint density at radius 3 is 2.86 bits per heavy atom. The molecule has 2 aromatic rings. The Balaban J connectivity index is 2.88. The Bertz CT molecular complexity index is 529. The van der Waals surface area contributed by atoms with E-state index in [4.69, 9.17) is 0 Å². The van der Waals surface area contributed by atoms with Crippen LogP contribution in [0.1, 0.15) is 24.6 Å². The molecule has 0 aliphatic rings. The van der Waals surface area contributed by atoms with E-state index in [1.807, 2.05) is 0 Å². The average molecular weight is 273 g/mol. The van der Waals surface area contributed by atoms with Crippen LogP contribution in [0.3, 0.4) is 0 Å². The van der Waals surface area contributed by atoms with Gasteiger partial charge in [0.05, 0.1) is 11.7 Å². The van der Waals surface area contributed by atoms with Crippen LogP contribution in [0.25, 0.3) is 10.2 Å². The van der Waals surface area contributed by atoms with Gasteiger partial charge in [0.25, 0.3) is 5.56 Å². The lowest BCUT2D eigenvalue weighted by atomic mass is 10.2. The molecule has 2 rings (SSSR count). The summed E-state index contributed by atoms with van der Waals surface area (Å²) in [5.74, 6) is 0.406. The number of nitrogens with zero attached hydrogens (tertiary/aromatic N) is 1. The Morgan fingerprint density at radius 1 is 1.57 bits per heavy atom. The Labute approximate surface area is 93.3 Å². The van der Waals surface area contributed by atoms with Gasteiger partial charge in [0, 0.05) is 9.35 Å². The van der Waals surface area contributed by atoms with Crippen molar-refractivity contribution in [2.24, 2.45) is 0 Å². The molecule has 0 aliphatic carbocycles. The van der Waals surface area contributed by atoms with Crippen LogP contribution in [0, 0.1) is 0 Å². The highest BCUT2D eigenvalue weighted by molar-refractivity contribution is 9.10. The number of hydrogen-bond donors (Lipinski definition) is 1. The zero-order valence-corrected chi connectivity index (χ0v) is 10.2. The van der Waals surface area contributed by atoms with Crippen molar-refractivity contribution in [3.05, 3.63) is 26.0 Å². The molecule has 2 heterocycles. The molecule has 0 saturated heterocycles. The summed E-state index contributed by atoms with van der Waals surface area (Å²) in [7, 11) is 0. The Hall–Kier alpha value is -0.680. The summed E-state index contributed by atoms with van der Waals surface area (Å²) in [6.45, 7) is 4.20. The van der Waals surface area contributed by atoms with Crippen molar-refractivity contribution in [3.63, 3.8) is 0 Å². The second kappa shape index (κ2) is 3.47. The third-order valence-corrected chi connectivity index (χ3v) is 4.47. The molecule has 2 aromatic heterocycles. The van der Waals surface area contributed by atoms with E-state index in [-0.39, 0.29) is 5.56 Å². The topological polar surface area (TPSA) is 45.8 Å². The van der Waals surface area contributed by atoms with E-state index in [1.165, 1.54) is 11.2 Å². The van der Waals surface area contributed by atoms with Crippen molar-refractivity contribution in [1.82, 2.24) is 9.97 Å². The van der Waals surface area contributed by atoms with Crippen LogP contribution in [0.2, 0.25) is 0 Å². The first-order valence-corrected chi connectivity index (χ1v) is 5.87. The number of aromatic amines is 1. The minimum Gasteiger partial charge on any atom is -0.313 e. The molecule has 14 heavy (non-hydrogen) atoms. The number of H-pyrrole nitrogens is 1. The Kier molecular flexibility index (Phi) is 2.45. The lowest BCUT2D eigenvalue weighted by molar-refractivity contribution is 0.886. The predicted molar refractivity (Wildman–Crippen MR) is 62.0 cm³/mol. The van der Waals surface area contributed by atoms with Crippen LogP contribution >= 0.6 is 27.3 Å². The van der Waals surface area contributed by atoms with E-state index in [1.54, 1.807) is 11.3 Å². The van der Waals surface area contributed by atoms with Gasteiger partial charge in [-0.2, -0.15) is 0 Å². The number of fused-ring (bicyclic) bond motifs is 1. The number of rotatable bonds is 1. The van der Waals surface area contributed by atoms with Crippen LogP contribution in [-0.2, 0) is 0 Å². The van der Waals surface area contributed by atoms with E-state index >= 15 is 0 Å². The first kappa shape index (κ1) is 9.86. The van der Waals surface area contributed by atoms with E-state index in [9.17, 15) is 4.79 Å². The van der Waals surface area contributed by atoms with Gasteiger partial charge in [0.15, 0.2) is 0 Å². The molecule has 1 N–H and O–H groups in total. The van der Waals surface area contributed by atoms with Gasteiger partial charge in [-0.3, -0.25) is 4.79 Å². The zero-order chi connectivity index (χ0) is 10.3.